The van der Waals surface area contributed by atoms with Crippen molar-refractivity contribution in [3.63, 3.8) is 0 Å². The highest BCUT2D eigenvalue weighted by atomic mass is 79.9. The molecule has 0 saturated carbocycles. The van der Waals surface area contributed by atoms with Crippen molar-refractivity contribution in [1.29, 1.82) is 0 Å². The fraction of sp³-hybridized carbons (Fsp3) is 0.333. The van der Waals surface area contributed by atoms with Crippen molar-refractivity contribution in [1.82, 2.24) is 5.32 Å². The molecule has 0 aliphatic rings. The van der Waals surface area contributed by atoms with Gasteiger partial charge in [-0.25, -0.2) is 0 Å². The molecule has 2 heteroatoms. The molecule has 0 aliphatic carbocycles. The third-order valence-electron chi connectivity index (χ3n) is 2.17. The largest absolute Gasteiger partial charge is 0.319 e. The Labute approximate surface area is 94.3 Å². The van der Waals surface area contributed by atoms with Crippen LogP contribution in [0.2, 0.25) is 0 Å². The summed E-state index contributed by atoms with van der Waals surface area (Å²) in [6.45, 7) is 3.16. The monoisotopic (exact) mass is 253 g/mol. The quantitative estimate of drug-likeness (QED) is 0.812. The number of hydrogen-bond donors (Lipinski definition) is 1. The number of halogens is 1. The summed E-state index contributed by atoms with van der Waals surface area (Å²) in [4.78, 5) is 0. The summed E-state index contributed by atoms with van der Waals surface area (Å²) in [6, 6.07) is 6.27. The van der Waals surface area contributed by atoms with Crippen LogP contribution < -0.4 is 5.32 Å². The van der Waals surface area contributed by atoms with E-state index in [1.165, 1.54) is 15.6 Å². The fourth-order valence-electron chi connectivity index (χ4n) is 1.24. The minimum atomic E-state index is 1.03. The second-order valence-electron chi connectivity index (χ2n) is 3.25. The van der Waals surface area contributed by atoms with E-state index in [1.54, 1.807) is 0 Å². The Bertz CT molecular complexity index is 318. The van der Waals surface area contributed by atoms with E-state index in [0.29, 0.717) is 0 Å². The van der Waals surface area contributed by atoms with E-state index in [1.807, 2.05) is 7.05 Å². The van der Waals surface area contributed by atoms with Crippen molar-refractivity contribution in [3.8, 4) is 0 Å². The average molecular weight is 254 g/mol. The summed E-state index contributed by atoms with van der Waals surface area (Å²) >= 11 is 3.52. The van der Waals surface area contributed by atoms with E-state index in [4.69, 9.17) is 0 Å². The molecule has 0 fully saturated rings. The van der Waals surface area contributed by atoms with Crippen molar-refractivity contribution in [2.45, 2.75) is 13.3 Å². The lowest BCUT2D eigenvalue weighted by molar-refractivity contribution is 0.809. The summed E-state index contributed by atoms with van der Waals surface area (Å²) in [7, 11) is 1.97. The van der Waals surface area contributed by atoms with Crippen molar-refractivity contribution in [3.05, 3.63) is 39.9 Å². The minimum absolute atomic E-state index is 1.03. The summed E-state index contributed by atoms with van der Waals surface area (Å²) in [6.07, 6.45) is 5.45. The highest BCUT2D eigenvalue weighted by Crippen LogP contribution is 2.20. The van der Waals surface area contributed by atoms with Crippen LogP contribution in [0.3, 0.4) is 0 Å². The van der Waals surface area contributed by atoms with Crippen LogP contribution in [0, 0.1) is 6.92 Å². The molecule has 14 heavy (non-hydrogen) atoms. The van der Waals surface area contributed by atoms with Gasteiger partial charge in [-0.3, -0.25) is 0 Å². The van der Waals surface area contributed by atoms with Gasteiger partial charge in [0, 0.05) is 4.47 Å². The molecule has 0 radical (unpaired) electrons. The van der Waals surface area contributed by atoms with Gasteiger partial charge in [-0.05, 0) is 44.1 Å². The summed E-state index contributed by atoms with van der Waals surface area (Å²) < 4.78 is 1.17. The van der Waals surface area contributed by atoms with Gasteiger partial charge in [0.25, 0.3) is 0 Å². The van der Waals surface area contributed by atoms with Crippen molar-refractivity contribution >= 4 is 22.0 Å². The Morgan fingerprint density at radius 2 is 2.21 bits per heavy atom. The molecule has 0 aliphatic heterocycles. The van der Waals surface area contributed by atoms with Crippen LogP contribution in [-0.4, -0.2) is 13.6 Å². The zero-order valence-electron chi connectivity index (χ0n) is 8.68. The zero-order valence-corrected chi connectivity index (χ0v) is 10.3. The molecule has 0 saturated heterocycles. The first kappa shape index (κ1) is 11.5. The molecule has 0 spiro atoms. The lowest BCUT2D eigenvalue weighted by Gasteiger charge is -2.02. The van der Waals surface area contributed by atoms with Crippen molar-refractivity contribution in [2.75, 3.05) is 13.6 Å². The molecule has 76 valence electrons. The Morgan fingerprint density at radius 1 is 1.43 bits per heavy atom. The first-order chi connectivity index (χ1) is 6.75. The maximum atomic E-state index is 3.52. The lowest BCUT2D eigenvalue weighted by Crippen LogP contribution is -2.05. The third-order valence-corrected chi connectivity index (χ3v) is 3.03. The highest BCUT2D eigenvalue weighted by Gasteiger charge is 1.96. The standard InChI is InChI=1S/C12H16BrN/c1-10-11(6-3-4-9-14-2)7-5-8-12(10)13/h3,5-8,14H,4,9H2,1-2H3. The molecule has 0 heterocycles. The first-order valence-electron chi connectivity index (χ1n) is 4.82. The lowest BCUT2D eigenvalue weighted by atomic mass is 10.1. The normalized spacial score (nSPS) is 11.1. The molecule has 1 N–H and O–H groups in total. The number of nitrogens with one attached hydrogen (secondary N) is 1. The van der Waals surface area contributed by atoms with Gasteiger partial charge < -0.3 is 5.32 Å². The molecule has 0 unspecified atom stereocenters. The van der Waals surface area contributed by atoms with Crippen LogP contribution in [-0.2, 0) is 0 Å². The van der Waals surface area contributed by atoms with Gasteiger partial charge in [0.1, 0.15) is 0 Å². The van der Waals surface area contributed by atoms with Crippen LogP contribution in [0.15, 0.2) is 28.7 Å². The van der Waals surface area contributed by atoms with Crippen LogP contribution in [0.25, 0.3) is 6.08 Å². The Morgan fingerprint density at radius 3 is 2.93 bits per heavy atom. The van der Waals surface area contributed by atoms with Gasteiger partial charge in [0.05, 0.1) is 0 Å². The van der Waals surface area contributed by atoms with Gasteiger partial charge in [-0.15, -0.1) is 0 Å². The summed E-state index contributed by atoms with van der Waals surface area (Å²) in [5, 5.41) is 3.12. The molecule has 1 rings (SSSR count). The Balaban J connectivity index is 2.67. The van der Waals surface area contributed by atoms with E-state index >= 15 is 0 Å². The summed E-state index contributed by atoms with van der Waals surface area (Å²) in [5.74, 6) is 0. The van der Waals surface area contributed by atoms with Gasteiger partial charge in [0.15, 0.2) is 0 Å². The van der Waals surface area contributed by atoms with Crippen LogP contribution >= 0.6 is 15.9 Å². The number of rotatable bonds is 4. The fourth-order valence-corrected chi connectivity index (χ4v) is 1.62. The number of benzene rings is 1. The van der Waals surface area contributed by atoms with Crippen LogP contribution in [0.4, 0.5) is 0 Å². The topological polar surface area (TPSA) is 12.0 Å². The van der Waals surface area contributed by atoms with Gasteiger partial charge in [-0.2, -0.15) is 0 Å². The van der Waals surface area contributed by atoms with E-state index in [9.17, 15) is 0 Å². The van der Waals surface area contributed by atoms with E-state index in [0.717, 1.165) is 13.0 Å². The second-order valence-corrected chi connectivity index (χ2v) is 4.10. The maximum Gasteiger partial charge on any atom is 0.0210 e. The average Bonchev–Trinajstić information content (AvgIpc) is 2.19. The van der Waals surface area contributed by atoms with Gasteiger partial charge in [0.2, 0.25) is 0 Å². The van der Waals surface area contributed by atoms with E-state index < -0.39 is 0 Å². The predicted octanol–water partition coefficient (Wildman–Crippen LogP) is 3.38. The maximum absolute atomic E-state index is 3.52. The second kappa shape index (κ2) is 5.99. The van der Waals surface area contributed by atoms with Gasteiger partial charge in [-0.1, -0.05) is 40.2 Å². The highest BCUT2D eigenvalue weighted by molar-refractivity contribution is 9.10. The molecule has 0 atom stereocenters. The molecular weight excluding hydrogens is 238 g/mol. The Kier molecular flexibility index (Phi) is 4.91. The third kappa shape index (κ3) is 3.28. The molecule has 1 aromatic rings. The van der Waals surface area contributed by atoms with E-state index in [-0.39, 0.29) is 0 Å². The molecule has 1 aromatic carbocycles. The van der Waals surface area contributed by atoms with Crippen LogP contribution in [0.1, 0.15) is 17.5 Å². The Hall–Kier alpha value is -0.600. The van der Waals surface area contributed by atoms with Crippen LogP contribution in [0.5, 0.6) is 0 Å². The van der Waals surface area contributed by atoms with Crippen molar-refractivity contribution < 1.29 is 0 Å². The van der Waals surface area contributed by atoms with Gasteiger partial charge >= 0.3 is 0 Å². The molecule has 0 amide bonds. The van der Waals surface area contributed by atoms with E-state index in [2.05, 4.69) is 58.5 Å². The molecule has 1 nitrogen and oxygen atoms in total. The molecule has 0 bridgehead atoms. The number of hydrogen-bond acceptors (Lipinski definition) is 1. The SMILES string of the molecule is CNCCC=Cc1cccc(Br)c1C. The minimum Gasteiger partial charge on any atom is -0.319 e. The summed E-state index contributed by atoms with van der Waals surface area (Å²) in [5.41, 5.74) is 2.59. The zero-order chi connectivity index (χ0) is 10.4. The molecule has 0 aromatic heterocycles. The first-order valence-corrected chi connectivity index (χ1v) is 5.61. The smallest absolute Gasteiger partial charge is 0.0210 e. The van der Waals surface area contributed by atoms with Crippen molar-refractivity contribution in [2.24, 2.45) is 0 Å². The molecular formula is C12H16BrN. The predicted molar refractivity (Wildman–Crippen MR) is 66.5 cm³/mol.